The highest BCUT2D eigenvalue weighted by Crippen LogP contribution is 2.24. The van der Waals surface area contributed by atoms with Crippen molar-refractivity contribution in [1.82, 2.24) is 14.5 Å². The maximum Gasteiger partial charge on any atom is 0.244 e. The van der Waals surface area contributed by atoms with Crippen molar-refractivity contribution in [1.29, 1.82) is 0 Å². The van der Waals surface area contributed by atoms with Crippen molar-refractivity contribution in [3.05, 3.63) is 41.2 Å². The zero-order chi connectivity index (χ0) is 17.2. The number of methoxy groups -OCH3 is 1. The number of sulfonamides is 1. The zero-order valence-electron chi connectivity index (χ0n) is 14.1. The molecule has 0 radical (unpaired) electrons. The Kier molecular flexibility index (Phi) is 4.91. The summed E-state index contributed by atoms with van der Waals surface area (Å²) < 4.78 is 34.9. The number of hydrogen-bond donors (Lipinski definition) is 1. The van der Waals surface area contributed by atoms with Gasteiger partial charge >= 0.3 is 0 Å². The molecule has 1 aromatic carbocycles. The monoisotopic (exact) mass is 349 g/mol. The largest absolute Gasteiger partial charge is 0.495 e. The van der Waals surface area contributed by atoms with Crippen LogP contribution in [0.3, 0.4) is 0 Å². The number of ether oxygens (including phenoxy) is 1. The Hall–Kier alpha value is -1.86. The molecule has 0 fully saturated rings. The average molecular weight is 349 g/mol. The maximum absolute atomic E-state index is 12.6. The quantitative estimate of drug-likeness (QED) is 0.866. The molecule has 1 aliphatic carbocycles. The Morgan fingerprint density at radius 2 is 2.08 bits per heavy atom. The van der Waals surface area contributed by atoms with Gasteiger partial charge in [-0.05, 0) is 55.9 Å². The number of hydrogen-bond acceptors (Lipinski definition) is 4. The van der Waals surface area contributed by atoms with E-state index in [-0.39, 0.29) is 4.90 Å². The van der Waals surface area contributed by atoms with Crippen LogP contribution >= 0.6 is 0 Å². The van der Waals surface area contributed by atoms with E-state index in [2.05, 4.69) is 9.82 Å². The van der Waals surface area contributed by atoms with Crippen LogP contribution in [0.5, 0.6) is 5.75 Å². The molecule has 0 aliphatic heterocycles. The number of aryl methyl sites for hydroxylation is 2. The predicted octanol–water partition coefficient (Wildman–Crippen LogP) is 2.06. The Bertz CT molecular complexity index is 828. The Labute approximate surface area is 142 Å². The van der Waals surface area contributed by atoms with E-state index in [1.807, 2.05) is 23.9 Å². The third kappa shape index (κ3) is 3.47. The van der Waals surface area contributed by atoms with Crippen LogP contribution in [0.1, 0.15) is 29.7 Å². The molecule has 2 aromatic rings. The van der Waals surface area contributed by atoms with Gasteiger partial charge in [-0.15, -0.1) is 0 Å². The Morgan fingerprint density at radius 3 is 2.88 bits per heavy atom. The zero-order valence-corrected chi connectivity index (χ0v) is 14.9. The highest BCUT2D eigenvalue weighted by molar-refractivity contribution is 7.89. The van der Waals surface area contributed by atoms with Gasteiger partial charge in [0.2, 0.25) is 10.0 Å². The van der Waals surface area contributed by atoms with Crippen molar-refractivity contribution in [2.24, 2.45) is 0 Å². The normalized spacial score (nSPS) is 14.4. The molecule has 1 heterocycles. The smallest absolute Gasteiger partial charge is 0.244 e. The van der Waals surface area contributed by atoms with Gasteiger partial charge in [0.25, 0.3) is 0 Å². The van der Waals surface area contributed by atoms with Crippen LogP contribution in [0.2, 0.25) is 0 Å². The molecule has 6 nitrogen and oxygen atoms in total. The summed E-state index contributed by atoms with van der Waals surface area (Å²) in [6.45, 7) is 2.69. The van der Waals surface area contributed by atoms with Gasteiger partial charge < -0.3 is 4.74 Å². The molecular weight excluding hydrogens is 326 g/mol. The first kappa shape index (κ1) is 17.0. The Balaban J connectivity index is 1.70. The lowest BCUT2D eigenvalue weighted by molar-refractivity contribution is 0.402. The van der Waals surface area contributed by atoms with Gasteiger partial charge in [-0.1, -0.05) is 6.07 Å². The number of nitrogens with zero attached hydrogens (tertiary/aromatic N) is 2. The summed E-state index contributed by atoms with van der Waals surface area (Å²) in [5, 5.41) is 4.40. The topological polar surface area (TPSA) is 73.2 Å². The molecule has 0 amide bonds. The van der Waals surface area contributed by atoms with Crippen molar-refractivity contribution < 1.29 is 13.2 Å². The minimum Gasteiger partial charge on any atom is -0.495 e. The van der Waals surface area contributed by atoms with Crippen LogP contribution in [0.4, 0.5) is 0 Å². The molecule has 0 atom stereocenters. The van der Waals surface area contributed by atoms with Crippen molar-refractivity contribution >= 4 is 10.0 Å². The van der Waals surface area contributed by atoms with Crippen LogP contribution in [0, 0.1) is 6.92 Å². The van der Waals surface area contributed by atoms with Gasteiger partial charge in [0, 0.05) is 12.2 Å². The summed E-state index contributed by atoms with van der Waals surface area (Å²) in [5.74, 6) is 0.351. The summed E-state index contributed by atoms with van der Waals surface area (Å²) in [5.41, 5.74) is 3.41. The van der Waals surface area contributed by atoms with Gasteiger partial charge in [0.1, 0.15) is 10.6 Å². The lowest BCUT2D eigenvalue weighted by atomic mass is 9.98. The maximum atomic E-state index is 12.6. The molecule has 1 aliphatic rings. The van der Waals surface area contributed by atoms with Crippen LogP contribution in [-0.2, 0) is 29.4 Å². The molecule has 0 saturated heterocycles. The number of benzene rings is 1. The van der Waals surface area contributed by atoms with Crippen molar-refractivity contribution in [2.45, 2.75) is 44.0 Å². The van der Waals surface area contributed by atoms with E-state index in [0.717, 1.165) is 18.4 Å². The Morgan fingerprint density at radius 1 is 1.29 bits per heavy atom. The molecule has 1 N–H and O–H groups in total. The highest BCUT2D eigenvalue weighted by Gasteiger charge is 2.20. The third-order valence-electron chi connectivity index (χ3n) is 4.37. The van der Waals surface area contributed by atoms with E-state index in [4.69, 9.17) is 4.74 Å². The molecule has 1 aromatic heterocycles. The standard InChI is InChI=1S/C17H23N3O3S/c1-13-7-8-16(23-2)17(11-13)24(21,22)19-9-10-20-15-6-4-3-5-14(15)12-18-20/h7-8,11-12,19H,3-6,9-10H2,1-2H3. The van der Waals surface area contributed by atoms with Crippen LogP contribution in [0.15, 0.2) is 29.3 Å². The van der Waals surface area contributed by atoms with E-state index < -0.39 is 10.0 Å². The van der Waals surface area contributed by atoms with Crippen molar-refractivity contribution in [3.63, 3.8) is 0 Å². The minimum absolute atomic E-state index is 0.174. The number of fused-ring (bicyclic) bond motifs is 1. The van der Waals surface area contributed by atoms with E-state index in [1.54, 1.807) is 12.1 Å². The third-order valence-corrected chi connectivity index (χ3v) is 5.85. The SMILES string of the molecule is COc1ccc(C)cc1S(=O)(=O)NCCn1ncc2c1CCCC2. The molecule has 24 heavy (non-hydrogen) atoms. The number of aromatic nitrogens is 2. The van der Waals surface area contributed by atoms with Crippen LogP contribution < -0.4 is 9.46 Å². The van der Waals surface area contributed by atoms with E-state index >= 15 is 0 Å². The first-order valence-corrected chi connectivity index (χ1v) is 9.67. The van der Waals surface area contributed by atoms with Gasteiger partial charge in [-0.2, -0.15) is 5.10 Å². The molecular formula is C17H23N3O3S. The van der Waals surface area contributed by atoms with Gasteiger partial charge in [-0.3, -0.25) is 4.68 Å². The van der Waals surface area contributed by atoms with E-state index in [9.17, 15) is 8.42 Å². The molecule has 0 bridgehead atoms. The summed E-state index contributed by atoms with van der Waals surface area (Å²) in [6, 6.07) is 5.12. The van der Waals surface area contributed by atoms with Crippen LogP contribution in [0.25, 0.3) is 0 Å². The molecule has 7 heteroatoms. The first-order chi connectivity index (χ1) is 11.5. The van der Waals surface area contributed by atoms with Crippen molar-refractivity contribution in [3.8, 4) is 5.75 Å². The predicted molar refractivity (Wildman–Crippen MR) is 91.8 cm³/mol. The summed E-state index contributed by atoms with van der Waals surface area (Å²) >= 11 is 0. The fourth-order valence-corrected chi connectivity index (χ4v) is 4.38. The second kappa shape index (κ2) is 6.94. The van der Waals surface area contributed by atoms with Crippen LogP contribution in [-0.4, -0.2) is 31.9 Å². The first-order valence-electron chi connectivity index (χ1n) is 8.19. The van der Waals surface area contributed by atoms with E-state index in [0.29, 0.717) is 18.8 Å². The molecule has 130 valence electrons. The summed E-state index contributed by atoms with van der Waals surface area (Å²) in [4.78, 5) is 0.174. The van der Waals surface area contributed by atoms with Gasteiger partial charge in [0.05, 0.1) is 19.9 Å². The lowest BCUT2D eigenvalue weighted by Crippen LogP contribution is -2.28. The summed E-state index contributed by atoms with van der Waals surface area (Å²) in [6.07, 6.45) is 6.38. The fraction of sp³-hybridized carbons (Fsp3) is 0.471. The molecule has 0 saturated carbocycles. The minimum atomic E-state index is -3.62. The number of nitrogens with one attached hydrogen (secondary N) is 1. The van der Waals surface area contributed by atoms with E-state index in [1.165, 1.54) is 31.2 Å². The van der Waals surface area contributed by atoms with Crippen molar-refractivity contribution in [2.75, 3.05) is 13.7 Å². The summed E-state index contributed by atoms with van der Waals surface area (Å²) in [7, 11) is -2.14. The molecule has 0 spiro atoms. The highest BCUT2D eigenvalue weighted by atomic mass is 32.2. The number of rotatable bonds is 6. The molecule has 0 unspecified atom stereocenters. The lowest BCUT2D eigenvalue weighted by Gasteiger charge is -2.15. The average Bonchev–Trinajstić information content (AvgIpc) is 2.98. The van der Waals surface area contributed by atoms with Gasteiger partial charge in [0.15, 0.2) is 0 Å². The molecule has 3 rings (SSSR count). The fourth-order valence-electron chi connectivity index (χ4n) is 3.11. The second-order valence-corrected chi connectivity index (χ2v) is 7.83. The van der Waals surface area contributed by atoms with Gasteiger partial charge in [-0.25, -0.2) is 13.1 Å². The second-order valence-electron chi connectivity index (χ2n) is 6.10.